The van der Waals surface area contributed by atoms with Gasteiger partial charge >= 0.3 is 0 Å². The fourth-order valence-electron chi connectivity index (χ4n) is 3.56. The van der Waals surface area contributed by atoms with Crippen molar-refractivity contribution in [3.63, 3.8) is 0 Å². The van der Waals surface area contributed by atoms with Crippen molar-refractivity contribution in [2.45, 2.75) is 40.0 Å². The number of hydrogen-bond acceptors (Lipinski definition) is 3. The van der Waals surface area contributed by atoms with Gasteiger partial charge in [-0.3, -0.25) is 9.36 Å². The summed E-state index contributed by atoms with van der Waals surface area (Å²) >= 11 is 1.71. The minimum Gasteiger partial charge on any atom is -0.268 e. The van der Waals surface area contributed by atoms with Crippen LogP contribution < -0.4 is 5.56 Å². The molecule has 1 aromatic carbocycles. The molecule has 0 saturated carbocycles. The van der Waals surface area contributed by atoms with Crippen molar-refractivity contribution in [1.29, 1.82) is 0 Å². The summed E-state index contributed by atoms with van der Waals surface area (Å²) < 4.78 is 1.76. The number of thiophene rings is 1. The van der Waals surface area contributed by atoms with Crippen LogP contribution in [0.25, 0.3) is 15.9 Å². The Morgan fingerprint density at radius 3 is 2.91 bits per heavy atom. The maximum Gasteiger partial charge on any atom is 0.267 e. The standard InChI is InChI=1S/C19H20N2OS/c1-11-5-4-6-14(9-11)21-13(3)20-18-17(19(21)22)15-8-7-12(2)10-16(15)23-18/h4-6,9,12H,7-8,10H2,1-3H3/t12-/m1/s1. The fourth-order valence-corrected chi connectivity index (χ4v) is 4.98. The molecule has 0 spiro atoms. The molecule has 1 atom stereocenters. The third-order valence-electron chi connectivity index (χ3n) is 4.76. The fraction of sp³-hybridized carbons (Fsp3) is 0.368. The lowest BCUT2D eigenvalue weighted by molar-refractivity contribution is 0.509. The highest BCUT2D eigenvalue weighted by Crippen LogP contribution is 2.36. The summed E-state index contributed by atoms with van der Waals surface area (Å²) in [5.41, 5.74) is 3.40. The first-order valence-electron chi connectivity index (χ1n) is 8.15. The Balaban J connectivity index is 2.02. The molecule has 0 saturated heterocycles. The van der Waals surface area contributed by atoms with E-state index in [1.807, 2.05) is 38.1 Å². The van der Waals surface area contributed by atoms with Gasteiger partial charge < -0.3 is 0 Å². The van der Waals surface area contributed by atoms with Crippen molar-refractivity contribution in [3.05, 3.63) is 56.4 Å². The van der Waals surface area contributed by atoms with E-state index in [2.05, 4.69) is 6.92 Å². The first kappa shape index (κ1) is 14.6. The van der Waals surface area contributed by atoms with E-state index in [1.165, 1.54) is 10.4 Å². The molecule has 118 valence electrons. The molecule has 0 amide bonds. The summed E-state index contributed by atoms with van der Waals surface area (Å²) in [6, 6.07) is 8.06. The van der Waals surface area contributed by atoms with Crippen LogP contribution >= 0.6 is 11.3 Å². The minimum atomic E-state index is 0.0881. The van der Waals surface area contributed by atoms with Gasteiger partial charge in [-0.25, -0.2) is 4.98 Å². The molecule has 23 heavy (non-hydrogen) atoms. The number of aromatic nitrogens is 2. The van der Waals surface area contributed by atoms with Crippen LogP contribution in [0.3, 0.4) is 0 Å². The highest BCUT2D eigenvalue weighted by atomic mass is 32.1. The van der Waals surface area contributed by atoms with Gasteiger partial charge in [-0.2, -0.15) is 0 Å². The van der Waals surface area contributed by atoms with Crippen molar-refractivity contribution in [2.24, 2.45) is 5.92 Å². The van der Waals surface area contributed by atoms with Crippen molar-refractivity contribution in [1.82, 2.24) is 9.55 Å². The average molecular weight is 324 g/mol. The quantitative estimate of drug-likeness (QED) is 0.673. The van der Waals surface area contributed by atoms with Gasteiger partial charge in [0.25, 0.3) is 5.56 Å². The lowest BCUT2D eigenvalue weighted by Gasteiger charge is -2.17. The van der Waals surface area contributed by atoms with E-state index in [0.717, 1.165) is 46.6 Å². The normalized spacial score (nSPS) is 17.4. The third-order valence-corrected chi connectivity index (χ3v) is 5.91. The Morgan fingerprint density at radius 2 is 2.13 bits per heavy atom. The lowest BCUT2D eigenvalue weighted by Crippen LogP contribution is -2.23. The number of benzene rings is 1. The maximum absolute atomic E-state index is 13.2. The Labute approximate surface area is 139 Å². The number of nitrogens with zero attached hydrogens (tertiary/aromatic N) is 2. The van der Waals surface area contributed by atoms with E-state index in [1.54, 1.807) is 15.9 Å². The molecule has 0 unspecified atom stereocenters. The molecule has 4 heteroatoms. The lowest BCUT2D eigenvalue weighted by atomic mass is 9.89. The molecule has 2 aromatic heterocycles. The van der Waals surface area contributed by atoms with Crippen molar-refractivity contribution in [2.75, 3.05) is 0 Å². The highest BCUT2D eigenvalue weighted by molar-refractivity contribution is 7.18. The van der Waals surface area contributed by atoms with Crippen LogP contribution in [0, 0.1) is 19.8 Å². The van der Waals surface area contributed by atoms with Gasteiger partial charge in [0.15, 0.2) is 0 Å². The first-order valence-corrected chi connectivity index (χ1v) is 8.97. The molecule has 2 heterocycles. The van der Waals surface area contributed by atoms with Crippen molar-refractivity contribution in [3.8, 4) is 5.69 Å². The van der Waals surface area contributed by atoms with E-state index >= 15 is 0 Å². The number of fused-ring (bicyclic) bond motifs is 3. The Kier molecular flexibility index (Phi) is 3.38. The summed E-state index contributed by atoms with van der Waals surface area (Å²) in [4.78, 5) is 20.2. The predicted octanol–water partition coefficient (Wildman–Crippen LogP) is 4.19. The predicted molar refractivity (Wildman–Crippen MR) is 95.9 cm³/mol. The van der Waals surface area contributed by atoms with Gasteiger partial charge in [-0.05, 0) is 62.3 Å². The van der Waals surface area contributed by atoms with E-state index < -0.39 is 0 Å². The second-order valence-corrected chi connectivity index (χ2v) is 7.75. The second kappa shape index (κ2) is 5.31. The smallest absolute Gasteiger partial charge is 0.267 e. The molecular formula is C19H20N2OS. The molecule has 3 nitrogen and oxygen atoms in total. The topological polar surface area (TPSA) is 34.9 Å². The summed E-state index contributed by atoms with van der Waals surface area (Å²) in [5, 5.41) is 0.851. The summed E-state index contributed by atoms with van der Waals surface area (Å²) in [7, 11) is 0. The molecule has 0 fully saturated rings. The Hall–Kier alpha value is -1.94. The molecule has 0 N–H and O–H groups in total. The molecule has 1 aliphatic rings. The van der Waals surface area contributed by atoms with Gasteiger partial charge in [0, 0.05) is 4.88 Å². The van der Waals surface area contributed by atoms with Crippen molar-refractivity contribution >= 4 is 21.6 Å². The zero-order chi connectivity index (χ0) is 16.1. The van der Waals surface area contributed by atoms with Gasteiger partial charge in [-0.15, -0.1) is 11.3 Å². The molecular weight excluding hydrogens is 304 g/mol. The van der Waals surface area contributed by atoms with Crippen LogP contribution in [0.15, 0.2) is 29.1 Å². The van der Waals surface area contributed by atoms with Gasteiger partial charge in [0.05, 0.1) is 11.1 Å². The Bertz CT molecular complexity index is 967. The monoisotopic (exact) mass is 324 g/mol. The van der Waals surface area contributed by atoms with Crippen LogP contribution in [-0.4, -0.2) is 9.55 Å². The van der Waals surface area contributed by atoms with Gasteiger partial charge in [0.2, 0.25) is 0 Å². The van der Waals surface area contributed by atoms with E-state index in [-0.39, 0.29) is 5.56 Å². The second-order valence-electron chi connectivity index (χ2n) is 6.67. The first-order chi connectivity index (χ1) is 11.0. The molecule has 0 bridgehead atoms. The zero-order valence-electron chi connectivity index (χ0n) is 13.7. The Morgan fingerprint density at radius 1 is 1.30 bits per heavy atom. The van der Waals surface area contributed by atoms with Crippen molar-refractivity contribution < 1.29 is 0 Å². The maximum atomic E-state index is 13.2. The molecule has 0 radical (unpaired) electrons. The molecule has 4 rings (SSSR count). The number of rotatable bonds is 1. The highest BCUT2D eigenvalue weighted by Gasteiger charge is 2.24. The van der Waals surface area contributed by atoms with Gasteiger partial charge in [0.1, 0.15) is 10.7 Å². The molecule has 1 aliphatic carbocycles. The van der Waals surface area contributed by atoms with Crippen LogP contribution in [0.2, 0.25) is 0 Å². The number of hydrogen-bond donors (Lipinski definition) is 0. The molecule has 3 aromatic rings. The van der Waals surface area contributed by atoms with Crippen LogP contribution in [-0.2, 0) is 12.8 Å². The minimum absolute atomic E-state index is 0.0881. The van der Waals surface area contributed by atoms with E-state index in [0.29, 0.717) is 5.92 Å². The van der Waals surface area contributed by atoms with Gasteiger partial charge in [-0.1, -0.05) is 19.1 Å². The summed E-state index contributed by atoms with van der Waals surface area (Å²) in [5.74, 6) is 1.47. The zero-order valence-corrected chi connectivity index (χ0v) is 14.5. The van der Waals surface area contributed by atoms with E-state index in [9.17, 15) is 4.79 Å². The van der Waals surface area contributed by atoms with E-state index in [4.69, 9.17) is 4.98 Å². The van der Waals surface area contributed by atoms with Crippen LogP contribution in [0.5, 0.6) is 0 Å². The van der Waals surface area contributed by atoms with Crippen LogP contribution in [0.1, 0.15) is 35.2 Å². The summed E-state index contributed by atoms with van der Waals surface area (Å²) in [6.45, 7) is 6.26. The SMILES string of the molecule is Cc1cccc(-n2c(C)nc3sc4c(c3c2=O)CC[C@@H](C)C4)c1. The largest absolute Gasteiger partial charge is 0.268 e. The average Bonchev–Trinajstić information content (AvgIpc) is 2.84. The summed E-state index contributed by atoms with van der Waals surface area (Å²) in [6.07, 6.45) is 3.25. The van der Waals surface area contributed by atoms with Crippen LogP contribution in [0.4, 0.5) is 0 Å². The third kappa shape index (κ3) is 2.32. The number of aryl methyl sites for hydroxylation is 3. The molecule has 0 aliphatic heterocycles.